The number of fused-ring (bicyclic) bond motifs is 1. The van der Waals surface area contributed by atoms with Gasteiger partial charge in [-0.2, -0.15) is 0 Å². The highest BCUT2D eigenvalue weighted by Crippen LogP contribution is 2.34. The maximum absolute atomic E-state index is 13.5. The zero-order chi connectivity index (χ0) is 29.3. The lowest BCUT2D eigenvalue weighted by Gasteiger charge is -2.21. The molecule has 0 atom stereocenters. The van der Waals surface area contributed by atoms with Gasteiger partial charge in [0.1, 0.15) is 10.6 Å². The van der Waals surface area contributed by atoms with Gasteiger partial charge in [-0.3, -0.25) is 13.9 Å². The van der Waals surface area contributed by atoms with E-state index < -0.39 is 15.9 Å². The van der Waals surface area contributed by atoms with Gasteiger partial charge in [-0.25, -0.2) is 8.42 Å². The molecule has 10 heteroatoms. The van der Waals surface area contributed by atoms with E-state index in [-0.39, 0.29) is 22.0 Å². The molecular weight excluding hydrogens is 580 g/mol. The van der Waals surface area contributed by atoms with Gasteiger partial charge >= 0.3 is 0 Å². The van der Waals surface area contributed by atoms with Crippen LogP contribution in [0.1, 0.15) is 31.2 Å². The van der Waals surface area contributed by atoms with Crippen molar-refractivity contribution in [2.75, 3.05) is 23.8 Å². The van der Waals surface area contributed by atoms with Crippen LogP contribution in [-0.4, -0.2) is 34.3 Å². The molecule has 0 saturated heterocycles. The molecule has 0 spiro atoms. The van der Waals surface area contributed by atoms with Crippen LogP contribution < -0.4 is 14.4 Å². The zero-order valence-corrected chi connectivity index (χ0v) is 24.7. The van der Waals surface area contributed by atoms with E-state index in [1.165, 1.54) is 35.9 Å². The normalized spacial score (nSPS) is 11.3. The molecule has 1 amide bonds. The summed E-state index contributed by atoms with van der Waals surface area (Å²) in [5, 5.41) is 3.91. The number of ether oxygens (including phenoxy) is 1. The molecule has 0 fully saturated rings. The number of carbonyl (C=O) groups is 2. The van der Waals surface area contributed by atoms with Crippen LogP contribution in [0.15, 0.2) is 95.9 Å². The van der Waals surface area contributed by atoms with Crippen LogP contribution >= 0.6 is 22.9 Å². The first-order chi connectivity index (χ1) is 19.6. The summed E-state index contributed by atoms with van der Waals surface area (Å²) in [5.74, 6) is -0.410. The summed E-state index contributed by atoms with van der Waals surface area (Å²) in [6.07, 6.45) is 0. The van der Waals surface area contributed by atoms with Crippen molar-refractivity contribution < 1.29 is 22.7 Å². The molecule has 5 aromatic rings. The highest BCUT2D eigenvalue weighted by Gasteiger charge is 2.26. The van der Waals surface area contributed by atoms with Crippen LogP contribution in [0.4, 0.5) is 11.4 Å². The van der Waals surface area contributed by atoms with Gasteiger partial charge in [0, 0.05) is 27.9 Å². The van der Waals surface area contributed by atoms with E-state index in [1.54, 1.807) is 78.9 Å². The first kappa shape index (κ1) is 28.4. The van der Waals surface area contributed by atoms with Crippen molar-refractivity contribution in [1.82, 2.24) is 0 Å². The van der Waals surface area contributed by atoms with Crippen LogP contribution in [0.25, 0.3) is 10.1 Å². The fourth-order valence-corrected chi connectivity index (χ4v) is 6.89. The molecule has 208 valence electrons. The fourth-order valence-electron chi connectivity index (χ4n) is 4.35. The predicted molar refractivity (Wildman–Crippen MR) is 164 cm³/mol. The van der Waals surface area contributed by atoms with Gasteiger partial charge in [0.25, 0.3) is 15.9 Å². The van der Waals surface area contributed by atoms with E-state index in [2.05, 4.69) is 5.32 Å². The number of nitrogens with zero attached hydrogens (tertiary/aromatic N) is 1. The number of halogens is 1. The maximum atomic E-state index is 13.5. The molecule has 7 nitrogen and oxygen atoms in total. The van der Waals surface area contributed by atoms with E-state index in [9.17, 15) is 18.0 Å². The highest BCUT2D eigenvalue weighted by molar-refractivity contribution is 7.93. The zero-order valence-electron chi connectivity index (χ0n) is 22.3. The number of benzene rings is 4. The van der Waals surface area contributed by atoms with E-state index >= 15 is 0 Å². The number of rotatable bonds is 8. The van der Waals surface area contributed by atoms with E-state index in [0.717, 1.165) is 10.3 Å². The number of anilines is 2. The molecule has 0 saturated carbocycles. The van der Waals surface area contributed by atoms with Crippen LogP contribution in [0.2, 0.25) is 5.02 Å². The number of nitrogens with one attached hydrogen (secondary N) is 1. The number of methoxy groups -OCH3 is 1. The number of hydrogen-bond donors (Lipinski definition) is 1. The minimum Gasteiger partial charge on any atom is -0.495 e. The Kier molecular flexibility index (Phi) is 7.86. The molecule has 1 N–H and O–H groups in total. The molecular formula is C31H25ClN2O5S2. The van der Waals surface area contributed by atoms with Crippen molar-refractivity contribution in [2.45, 2.75) is 11.8 Å². The average molecular weight is 605 g/mol. The Morgan fingerprint density at radius 3 is 2.41 bits per heavy atom. The first-order valence-electron chi connectivity index (χ1n) is 12.5. The molecule has 41 heavy (non-hydrogen) atoms. The van der Waals surface area contributed by atoms with Gasteiger partial charge in [-0.15, -0.1) is 11.3 Å². The van der Waals surface area contributed by atoms with Crippen molar-refractivity contribution in [2.24, 2.45) is 0 Å². The number of thiophene rings is 1. The molecule has 0 radical (unpaired) electrons. The second-order valence-electron chi connectivity index (χ2n) is 9.30. The van der Waals surface area contributed by atoms with Gasteiger partial charge in [0.2, 0.25) is 0 Å². The number of sulfonamides is 1. The summed E-state index contributed by atoms with van der Waals surface area (Å²) in [6, 6.07) is 25.3. The van der Waals surface area contributed by atoms with Crippen molar-refractivity contribution in [3.63, 3.8) is 0 Å². The topological polar surface area (TPSA) is 92.8 Å². The van der Waals surface area contributed by atoms with Gasteiger partial charge in [-0.1, -0.05) is 48.0 Å². The summed E-state index contributed by atoms with van der Waals surface area (Å²) < 4.78 is 34.2. The smallest absolute Gasteiger partial charge is 0.267 e. The Morgan fingerprint density at radius 2 is 1.68 bits per heavy atom. The summed E-state index contributed by atoms with van der Waals surface area (Å²) in [5.41, 5.74) is 2.31. The molecule has 0 bridgehead atoms. The second kappa shape index (κ2) is 11.4. The molecule has 0 unspecified atom stereocenters. The number of ketones is 1. The number of hydrogen-bond acceptors (Lipinski definition) is 6. The van der Waals surface area contributed by atoms with Gasteiger partial charge in [0.15, 0.2) is 5.78 Å². The SMILES string of the molecule is COc1ccc(C)cc1S(=O)(=O)N(C)c1ccc2sc(C(=O)Nc3ccc(Cl)cc3C(=O)c3ccccc3)cc2c1. The standard InChI is InChI=1S/C31H25ClN2O5S2/c1-19-9-13-26(39-3)29(15-19)41(37,38)34(2)23-11-14-27-21(16-23)17-28(40-27)31(36)33-25-12-10-22(32)18-24(25)30(35)20-7-5-4-6-8-20/h4-18H,1-3H3,(H,33,36). The summed E-state index contributed by atoms with van der Waals surface area (Å²) in [4.78, 5) is 26.9. The lowest BCUT2D eigenvalue weighted by atomic mass is 10.0. The maximum Gasteiger partial charge on any atom is 0.267 e. The Balaban J connectivity index is 1.43. The molecule has 1 aromatic heterocycles. The average Bonchev–Trinajstić information content (AvgIpc) is 3.41. The molecule has 0 aliphatic rings. The van der Waals surface area contributed by atoms with Crippen molar-refractivity contribution in [3.05, 3.63) is 118 Å². The fraction of sp³-hybridized carbons (Fsp3) is 0.0968. The largest absolute Gasteiger partial charge is 0.495 e. The predicted octanol–water partition coefficient (Wildman–Crippen LogP) is 7.18. The summed E-state index contributed by atoms with van der Waals surface area (Å²) in [7, 11) is -1.02. The quantitative estimate of drug-likeness (QED) is 0.189. The van der Waals surface area contributed by atoms with E-state index in [4.69, 9.17) is 16.3 Å². The number of carbonyl (C=O) groups excluding carboxylic acids is 2. The Morgan fingerprint density at radius 1 is 0.927 bits per heavy atom. The van der Waals surface area contributed by atoms with Crippen LogP contribution in [0.5, 0.6) is 5.75 Å². The first-order valence-corrected chi connectivity index (χ1v) is 15.1. The van der Waals surface area contributed by atoms with Crippen molar-refractivity contribution in [1.29, 1.82) is 0 Å². The van der Waals surface area contributed by atoms with Gasteiger partial charge in [0.05, 0.1) is 23.4 Å². The van der Waals surface area contributed by atoms with E-state index in [1.807, 2.05) is 13.0 Å². The van der Waals surface area contributed by atoms with Crippen molar-refractivity contribution >= 4 is 66.1 Å². The Hall–Kier alpha value is -4.18. The van der Waals surface area contributed by atoms with Crippen LogP contribution in [-0.2, 0) is 10.0 Å². The minimum absolute atomic E-state index is 0.0665. The third-order valence-electron chi connectivity index (χ3n) is 6.56. The lowest BCUT2D eigenvalue weighted by Crippen LogP contribution is -2.27. The molecule has 0 aliphatic carbocycles. The van der Waals surface area contributed by atoms with Crippen LogP contribution in [0, 0.1) is 6.92 Å². The number of amides is 1. The Labute approximate surface area is 247 Å². The molecule has 4 aromatic carbocycles. The summed E-state index contributed by atoms with van der Waals surface area (Å²) >= 11 is 7.43. The monoisotopic (exact) mass is 604 g/mol. The van der Waals surface area contributed by atoms with Gasteiger partial charge in [-0.05, 0) is 72.5 Å². The second-order valence-corrected chi connectivity index (χ2v) is 12.8. The Bertz CT molecular complexity index is 1900. The van der Waals surface area contributed by atoms with Crippen molar-refractivity contribution in [3.8, 4) is 5.75 Å². The summed E-state index contributed by atoms with van der Waals surface area (Å²) in [6.45, 7) is 1.81. The van der Waals surface area contributed by atoms with E-state index in [0.29, 0.717) is 32.2 Å². The third kappa shape index (κ3) is 5.69. The van der Waals surface area contributed by atoms with Gasteiger partial charge < -0.3 is 10.1 Å². The van der Waals surface area contributed by atoms with Crippen LogP contribution in [0.3, 0.4) is 0 Å². The third-order valence-corrected chi connectivity index (χ3v) is 9.71. The number of aryl methyl sites for hydroxylation is 1. The molecule has 1 heterocycles. The lowest BCUT2D eigenvalue weighted by molar-refractivity contribution is 0.103. The molecule has 5 rings (SSSR count). The molecule has 0 aliphatic heterocycles. The highest BCUT2D eigenvalue weighted by atomic mass is 35.5. The minimum atomic E-state index is -3.93.